The van der Waals surface area contributed by atoms with Gasteiger partial charge in [0.05, 0.1) is 16.6 Å². The monoisotopic (exact) mass is 312 g/mol. The van der Waals surface area contributed by atoms with Crippen molar-refractivity contribution in [1.29, 1.82) is 0 Å². The molecule has 0 bridgehead atoms. The number of aryl methyl sites for hydroxylation is 1. The number of aromatic nitrogens is 2. The Bertz CT molecular complexity index is 537. The van der Waals surface area contributed by atoms with Crippen LogP contribution in [0.2, 0.25) is 4.34 Å². The second kappa shape index (κ2) is 7.22. The molecule has 2 N–H and O–H groups in total. The number of nitrogens with zero attached hydrogens (tertiary/aromatic N) is 3. The number of hydrogen-bond donors (Lipinski definition) is 1. The van der Waals surface area contributed by atoms with Crippen LogP contribution < -0.4 is 5.73 Å². The van der Waals surface area contributed by atoms with Crippen molar-refractivity contribution in [3.05, 3.63) is 39.3 Å². The molecule has 20 heavy (non-hydrogen) atoms. The summed E-state index contributed by atoms with van der Waals surface area (Å²) in [6, 6.07) is 4.19. The highest BCUT2D eigenvalue weighted by Crippen LogP contribution is 2.25. The molecular weight excluding hydrogens is 292 g/mol. The third-order valence-corrected chi connectivity index (χ3v) is 4.50. The van der Waals surface area contributed by atoms with Crippen molar-refractivity contribution in [2.75, 3.05) is 13.6 Å². The highest BCUT2D eigenvalue weighted by Gasteiger charge is 2.18. The molecule has 110 valence electrons. The maximum atomic E-state index is 5.97. The Kier molecular flexibility index (Phi) is 5.60. The first-order valence-electron chi connectivity index (χ1n) is 6.81. The van der Waals surface area contributed by atoms with Crippen LogP contribution in [-0.2, 0) is 13.1 Å². The third-order valence-electron chi connectivity index (χ3n) is 3.28. The molecule has 0 spiro atoms. The van der Waals surface area contributed by atoms with E-state index in [1.807, 2.05) is 16.9 Å². The highest BCUT2D eigenvalue weighted by molar-refractivity contribution is 7.16. The molecule has 0 aliphatic carbocycles. The zero-order valence-corrected chi connectivity index (χ0v) is 13.5. The normalized spacial score (nSPS) is 13.1. The molecule has 0 amide bonds. The molecule has 2 heterocycles. The molecule has 1 atom stereocenters. The maximum Gasteiger partial charge on any atom is 0.0931 e. The topological polar surface area (TPSA) is 47.1 Å². The van der Waals surface area contributed by atoms with Gasteiger partial charge in [-0.25, -0.2) is 0 Å². The lowest BCUT2D eigenvalue weighted by Gasteiger charge is -2.25. The van der Waals surface area contributed by atoms with Gasteiger partial charge in [-0.1, -0.05) is 18.5 Å². The van der Waals surface area contributed by atoms with Crippen LogP contribution in [-0.4, -0.2) is 28.3 Å². The predicted molar refractivity (Wildman–Crippen MR) is 85.1 cm³/mol. The number of likely N-dealkylation sites (N-methyl/N-ethyl adjacent to an activating group) is 1. The second-order valence-electron chi connectivity index (χ2n) is 4.91. The number of thiophene rings is 1. The minimum atomic E-state index is 0.182. The van der Waals surface area contributed by atoms with Crippen molar-refractivity contribution in [3.8, 4) is 0 Å². The van der Waals surface area contributed by atoms with Crippen LogP contribution in [0.1, 0.15) is 29.8 Å². The van der Waals surface area contributed by atoms with E-state index in [1.165, 1.54) is 10.4 Å². The van der Waals surface area contributed by atoms with Crippen LogP contribution in [0.15, 0.2) is 24.5 Å². The molecule has 4 nitrogen and oxygen atoms in total. The van der Waals surface area contributed by atoms with E-state index in [2.05, 4.69) is 36.2 Å². The lowest BCUT2D eigenvalue weighted by molar-refractivity contribution is 0.244. The summed E-state index contributed by atoms with van der Waals surface area (Å²) in [6.45, 7) is 4.52. The van der Waals surface area contributed by atoms with Gasteiger partial charge >= 0.3 is 0 Å². The minimum Gasteiger partial charge on any atom is -0.329 e. The van der Waals surface area contributed by atoms with E-state index in [0.29, 0.717) is 6.54 Å². The number of nitrogens with two attached hydrogens (primary N) is 1. The van der Waals surface area contributed by atoms with Gasteiger partial charge in [0.25, 0.3) is 0 Å². The summed E-state index contributed by atoms with van der Waals surface area (Å²) >= 11 is 7.59. The molecule has 2 aromatic rings. The third kappa shape index (κ3) is 3.82. The molecule has 0 fully saturated rings. The smallest absolute Gasteiger partial charge is 0.0931 e. The summed E-state index contributed by atoms with van der Waals surface area (Å²) in [5, 5.41) is 4.38. The van der Waals surface area contributed by atoms with Gasteiger partial charge in [-0.15, -0.1) is 11.3 Å². The molecule has 2 rings (SSSR count). The van der Waals surface area contributed by atoms with Crippen LogP contribution >= 0.6 is 22.9 Å². The van der Waals surface area contributed by atoms with E-state index < -0.39 is 0 Å². The maximum absolute atomic E-state index is 5.97. The average molecular weight is 313 g/mol. The molecule has 2 aromatic heterocycles. The van der Waals surface area contributed by atoms with Gasteiger partial charge in [0, 0.05) is 36.3 Å². The van der Waals surface area contributed by atoms with Crippen molar-refractivity contribution >= 4 is 22.9 Å². The first kappa shape index (κ1) is 15.5. The Morgan fingerprint density at radius 2 is 2.30 bits per heavy atom. The van der Waals surface area contributed by atoms with Gasteiger partial charge in [0.2, 0.25) is 0 Å². The Balaban J connectivity index is 2.05. The summed E-state index contributed by atoms with van der Waals surface area (Å²) in [5.74, 6) is 0. The van der Waals surface area contributed by atoms with Crippen molar-refractivity contribution in [3.63, 3.8) is 0 Å². The molecule has 0 aliphatic heterocycles. The summed E-state index contributed by atoms with van der Waals surface area (Å²) < 4.78 is 2.81. The number of rotatable bonds is 7. The molecule has 0 aliphatic rings. The number of halogens is 1. The number of hydrogen-bond acceptors (Lipinski definition) is 4. The minimum absolute atomic E-state index is 0.182. The van der Waals surface area contributed by atoms with Crippen molar-refractivity contribution in [2.45, 2.75) is 32.5 Å². The Hall–Kier alpha value is -0.880. The van der Waals surface area contributed by atoms with Crippen molar-refractivity contribution < 1.29 is 0 Å². The van der Waals surface area contributed by atoms with Crippen LogP contribution in [0.3, 0.4) is 0 Å². The fourth-order valence-corrected chi connectivity index (χ4v) is 3.42. The van der Waals surface area contributed by atoms with Crippen molar-refractivity contribution in [1.82, 2.24) is 14.7 Å². The van der Waals surface area contributed by atoms with Crippen LogP contribution in [0.4, 0.5) is 0 Å². The first-order valence-corrected chi connectivity index (χ1v) is 8.00. The van der Waals surface area contributed by atoms with E-state index in [4.69, 9.17) is 17.3 Å². The zero-order valence-electron chi connectivity index (χ0n) is 11.9. The van der Waals surface area contributed by atoms with E-state index in [9.17, 15) is 0 Å². The summed E-state index contributed by atoms with van der Waals surface area (Å²) in [4.78, 5) is 3.49. The van der Waals surface area contributed by atoms with E-state index in [0.717, 1.165) is 23.8 Å². The quantitative estimate of drug-likeness (QED) is 0.854. The summed E-state index contributed by atoms with van der Waals surface area (Å²) in [7, 11) is 2.09. The van der Waals surface area contributed by atoms with Crippen LogP contribution in [0, 0.1) is 0 Å². The SMILES string of the molecule is CCCn1cc(C(CN)N(C)Cc2ccc(Cl)s2)cn1. The largest absolute Gasteiger partial charge is 0.329 e. The molecule has 1 unspecified atom stereocenters. The van der Waals surface area contributed by atoms with Gasteiger partial charge in [-0.2, -0.15) is 5.10 Å². The fourth-order valence-electron chi connectivity index (χ4n) is 2.27. The standard InChI is InChI=1S/C14H21ClN4S/c1-3-6-19-9-11(8-17-19)13(7-16)18(2)10-12-4-5-14(15)20-12/h4-5,8-9,13H,3,6-7,10,16H2,1-2H3. The Morgan fingerprint density at radius 3 is 2.90 bits per heavy atom. The molecular formula is C14H21ClN4S. The van der Waals surface area contributed by atoms with Gasteiger partial charge in [0.1, 0.15) is 0 Å². The van der Waals surface area contributed by atoms with E-state index in [-0.39, 0.29) is 6.04 Å². The molecule has 0 radical (unpaired) electrons. The van der Waals surface area contributed by atoms with E-state index >= 15 is 0 Å². The molecule has 0 saturated carbocycles. The first-order chi connectivity index (χ1) is 9.63. The molecule has 0 aromatic carbocycles. The van der Waals surface area contributed by atoms with Crippen molar-refractivity contribution in [2.24, 2.45) is 5.73 Å². The Labute approximate surface area is 129 Å². The lowest BCUT2D eigenvalue weighted by Crippen LogP contribution is -2.29. The van der Waals surface area contributed by atoms with Crippen LogP contribution in [0.5, 0.6) is 0 Å². The van der Waals surface area contributed by atoms with E-state index in [1.54, 1.807) is 11.3 Å². The van der Waals surface area contributed by atoms with Crippen LogP contribution in [0.25, 0.3) is 0 Å². The summed E-state index contributed by atoms with van der Waals surface area (Å²) in [6.07, 6.45) is 5.10. The van der Waals surface area contributed by atoms with Gasteiger partial charge < -0.3 is 5.73 Å². The predicted octanol–water partition coefficient (Wildman–Crippen LogP) is 3.14. The zero-order chi connectivity index (χ0) is 14.5. The lowest BCUT2D eigenvalue weighted by atomic mass is 10.1. The fraction of sp³-hybridized carbons (Fsp3) is 0.500. The average Bonchev–Trinajstić information content (AvgIpc) is 3.01. The summed E-state index contributed by atoms with van der Waals surface area (Å²) in [5.41, 5.74) is 7.12. The van der Waals surface area contributed by atoms with Gasteiger partial charge in [-0.05, 0) is 25.6 Å². The van der Waals surface area contributed by atoms with Gasteiger partial charge in [0.15, 0.2) is 0 Å². The molecule has 0 saturated heterocycles. The van der Waals surface area contributed by atoms with Gasteiger partial charge in [-0.3, -0.25) is 9.58 Å². The highest BCUT2D eigenvalue weighted by atomic mass is 35.5. The molecule has 6 heteroatoms. The Morgan fingerprint density at radius 1 is 1.50 bits per heavy atom. The second-order valence-corrected chi connectivity index (χ2v) is 6.71.